The van der Waals surface area contributed by atoms with Gasteiger partial charge in [-0.3, -0.25) is 0 Å². The lowest BCUT2D eigenvalue weighted by molar-refractivity contribution is 0.442. The Labute approximate surface area is 169 Å². The van der Waals surface area contributed by atoms with Crippen LogP contribution in [-0.4, -0.2) is 51.5 Å². The largest absolute Gasteiger partial charge is 0.382 e. The first-order valence-electron chi connectivity index (χ1n) is 9.38. The van der Waals surface area contributed by atoms with Gasteiger partial charge in [0.1, 0.15) is 5.69 Å². The molecule has 3 aromatic rings. The highest BCUT2D eigenvalue weighted by Crippen LogP contribution is 2.27. The molecular formula is C20H22N6O2S. The molecule has 150 valence electrons. The van der Waals surface area contributed by atoms with Crippen molar-refractivity contribution in [2.24, 2.45) is 0 Å². The molecule has 0 aliphatic carbocycles. The highest BCUT2D eigenvalue weighted by Gasteiger charge is 2.23. The van der Waals surface area contributed by atoms with Crippen molar-refractivity contribution in [1.82, 2.24) is 24.2 Å². The van der Waals surface area contributed by atoms with E-state index in [1.54, 1.807) is 19.3 Å². The Morgan fingerprint density at radius 3 is 2.66 bits per heavy atom. The third kappa shape index (κ3) is 3.92. The molecule has 0 bridgehead atoms. The normalized spacial score (nSPS) is 15.3. The molecule has 8 nitrogen and oxygen atoms in total. The second-order valence-electron chi connectivity index (χ2n) is 6.74. The van der Waals surface area contributed by atoms with Crippen molar-refractivity contribution in [1.29, 1.82) is 0 Å². The minimum atomic E-state index is -3.19. The molecule has 29 heavy (non-hydrogen) atoms. The van der Waals surface area contributed by atoms with Crippen LogP contribution in [0.5, 0.6) is 0 Å². The zero-order valence-electron chi connectivity index (χ0n) is 16.0. The fourth-order valence-electron chi connectivity index (χ4n) is 3.25. The van der Waals surface area contributed by atoms with Crippen LogP contribution in [0.2, 0.25) is 0 Å². The number of hydrogen-bond donors (Lipinski definition) is 2. The Morgan fingerprint density at radius 2 is 1.97 bits per heavy atom. The number of nitrogens with two attached hydrogens (primary N) is 1. The number of hydrogen-bond acceptors (Lipinski definition) is 6. The quantitative estimate of drug-likeness (QED) is 0.667. The SMILES string of the molecule is CCS(=O)(=O)N1CC=C(c2cnc(N)c(-c3ncc(-c4ccccc4)[nH]3)n2)CC1. The minimum absolute atomic E-state index is 0.101. The lowest BCUT2D eigenvalue weighted by Gasteiger charge is -2.25. The fraction of sp³-hybridized carbons (Fsp3) is 0.250. The minimum Gasteiger partial charge on any atom is -0.382 e. The zero-order valence-corrected chi connectivity index (χ0v) is 16.9. The highest BCUT2D eigenvalue weighted by molar-refractivity contribution is 7.89. The maximum atomic E-state index is 12.0. The van der Waals surface area contributed by atoms with E-state index >= 15 is 0 Å². The molecule has 1 aromatic carbocycles. The monoisotopic (exact) mass is 410 g/mol. The zero-order chi connectivity index (χ0) is 20.4. The van der Waals surface area contributed by atoms with Crippen molar-refractivity contribution in [2.45, 2.75) is 13.3 Å². The predicted molar refractivity (Wildman–Crippen MR) is 113 cm³/mol. The van der Waals surface area contributed by atoms with Crippen molar-refractivity contribution in [3.05, 3.63) is 54.5 Å². The molecule has 3 heterocycles. The van der Waals surface area contributed by atoms with Crippen LogP contribution in [0.15, 0.2) is 48.8 Å². The molecule has 9 heteroatoms. The average molecular weight is 411 g/mol. The summed E-state index contributed by atoms with van der Waals surface area (Å²) >= 11 is 0. The number of aromatic nitrogens is 4. The number of nitrogens with one attached hydrogen (secondary N) is 1. The number of nitrogens with zero attached hydrogens (tertiary/aromatic N) is 4. The highest BCUT2D eigenvalue weighted by atomic mass is 32.2. The topological polar surface area (TPSA) is 118 Å². The summed E-state index contributed by atoms with van der Waals surface area (Å²) in [5.41, 5.74) is 10.1. The van der Waals surface area contributed by atoms with Crippen LogP contribution in [-0.2, 0) is 10.0 Å². The van der Waals surface area contributed by atoms with Crippen molar-refractivity contribution in [3.8, 4) is 22.8 Å². The standard InChI is InChI=1S/C20H22N6O2S/c1-2-29(27,28)26-10-8-15(9-11-26)16-12-22-19(21)18(24-16)20-23-13-17(25-20)14-6-4-3-5-7-14/h3-8,12-13H,2,9-11H2,1H3,(H2,21,22)(H,23,25). The van der Waals surface area contributed by atoms with Gasteiger partial charge in [-0.15, -0.1) is 0 Å². The van der Waals surface area contributed by atoms with Crippen molar-refractivity contribution in [3.63, 3.8) is 0 Å². The van der Waals surface area contributed by atoms with Crippen LogP contribution in [0.1, 0.15) is 19.0 Å². The molecule has 0 spiro atoms. The second-order valence-corrected chi connectivity index (χ2v) is 9.00. The molecule has 1 aliphatic heterocycles. The van der Waals surface area contributed by atoms with Gasteiger partial charge in [-0.2, -0.15) is 4.31 Å². The van der Waals surface area contributed by atoms with Gasteiger partial charge in [0.25, 0.3) is 0 Å². The van der Waals surface area contributed by atoms with E-state index in [9.17, 15) is 8.42 Å². The first-order valence-corrected chi connectivity index (χ1v) is 11.0. The van der Waals surface area contributed by atoms with Crippen molar-refractivity contribution >= 4 is 21.4 Å². The van der Waals surface area contributed by atoms with Crippen LogP contribution in [0.25, 0.3) is 28.3 Å². The Hall–Kier alpha value is -3.04. The van der Waals surface area contributed by atoms with E-state index in [0.717, 1.165) is 16.8 Å². The summed E-state index contributed by atoms with van der Waals surface area (Å²) in [6, 6.07) is 9.86. The maximum absolute atomic E-state index is 12.0. The third-order valence-electron chi connectivity index (χ3n) is 4.94. The predicted octanol–water partition coefficient (Wildman–Crippen LogP) is 2.55. The first kappa shape index (κ1) is 19.3. The van der Waals surface area contributed by atoms with Crippen molar-refractivity contribution < 1.29 is 8.42 Å². The van der Waals surface area contributed by atoms with E-state index in [1.165, 1.54) is 4.31 Å². The molecule has 1 aliphatic rings. The lowest BCUT2D eigenvalue weighted by atomic mass is 10.1. The molecule has 0 saturated carbocycles. The van der Waals surface area contributed by atoms with Crippen molar-refractivity contribution in [2.75, 3.05) is 24.6 Å². The second kappa shape index (κ2) is 7.76. The van der Waals surface area contributed by atoms with E-state index in [0.29, 0.717) is 36.7 Å². The number of nitrogen functional groups attached to an aromatic ring is 1. The molecule has 0 fully saturated rings. The van der Waals surface area contributed by atoms with Crippen LogP contribution in [0.3, 0.4) is 0 Å². The van der Waals surface area contributed by atoms with Crippen LogP contribution in [0.4, 0.5) is 5.82 Å². The summed E-state index contributed by atoms with van der Waals surface area (Å²) in [5.74, 6) is 0.932. The van der Waals surface area contributed by atoms with E-state index in [2.05, 4.69) is 19.9 Å². The van der Waals surface area contributed by atoms with Crippen LogP contribution in [0, 0.1) is 0 Å². The van der Waals surface area contributed by atoms with Gasteiger partial charge < -0.3 is 10.7 Å². The van der Waals surface area contributed by atoms with E-state index in [1.807, 2.05) is 36.4 Å². The Bertz CT molecular complexity index is 1150. The van der Waals surface area contributed by atoms with Gasteiger partial charge >= 0.3 is 0 Å². The summed E-state index contributed by atoms with van der Waals surface area (Å²) in [6.07, 6.45) is 5.82. The first-order chi connectivity index (χ1) is 14.0. The number of rotatable bonds is 5. The van der Waals surface area contributed by atoms with Gasteiger partial charge in [0, 0.05) is 13.1 Å². The number of sulfonamides is 1. The molecule has 0 amide bonds. The fourth-order valence-corrected chi connectivity index (χ4v) is 4.29. The van der Waals surface area contributed by atoms with Crippen LogP contribution < -0.4 is 5.73 Å². The molecule has 0 radical (unpaired) electrons. The molecule has 2 aromatic heterocycles. The number of imidazole rings is 1. The Kier molecular flexibility index (Phi) is 5.16. The molecule has 0 atom stereocenters. The van der Waals surface area contributed by atoms with E-state index < -0.39 is 10.0 Å². The Morgan fingerprint density at radius 1 is 1.17 bits per heavy atom. The van der Waals surface area contributed by atoms with Gasteiger partial charge in [-0.25, -0.2) is 23.4 Å². The summed E-state index contributed by atoms with van der Waals surface area (Å²) in [4.78, 5) is 16.6. The van der Waals surface area contributed by atoms with E-state index in [-0.39, 0.29) is 11.6 Å². The summed E-state index contributed by atoms with van der Waals surface area (Å²) < 4.78 is 25.6. The summed E-state index contributed by atoms with van der Waals surface area (Å²) in [5, 5.41) is 0. The number of H-pyrrole nitrogens is 1. The van der Waals surface area contributed by atoms with Gasteiger partial charge in [-0.1, -0.05) is 36.4 Å². The van der Waals surface area contributed by atoms with E-state index in [4.69, 9.17) is 5.73 Å². The third-order valence-corrected chi connectivity index (χ3v) is 6.79. The molecular weight excluding hydrogens is 388 g/mol. The van der Waals surface area contributed by atoms with Gasteiger partial charge in [-0.05, 0) is 24.5 Å². The average Bonchev–Trinajstić information content (AvgIpc) is 3.25. The summed E-state index contributed by atoms with van der Waals surface area (Å²) in [6.45, 7) is 2.42. The number of benzene rings is 1. The van der Waals surface area contributed by atoms with Gasteiger partial charge in [0.2, 0.25) is 10.0 Å². The number of aromatic amines is 1. The smallest absolute Gasteiger partial charge is 0.214 e. The van der Waals surface area contributed by atoms with Gasteiger partial charge in [0.05, 0.1) is 29.5 Å². The van der Waals surface area contributed by atoms with Gasteiger partial charge in [0.15, 0.2) is 11.6 Å². The molecule has 0 saturated heterocycles. The maximum Gasteiger partial charge on any atom is 0.214 e. The molecule has 0 unspecified atom stereocenters. The van der Waals surface area contributed by atoms with Crippen LogP contribution >= 0.6 is 0 Å². The Balaban J connectivity index is 1.62. The molecule has 3 N–H and O–H groups in total. The summed E-state index contributed by atoms with van der Waals surface area (Å²) in [7, 11) is -3.19. The lowest BCUT2D eigenvalue weighted by Crippen LogP contribution is -2.35. The molecule has 4 rings (SSSR count). The number of anilines is 1.